The Hall–Kier alpha value is -2.09. The Balaban J connectivity index is 2.55. The number of rotatable bonds is 5. The number of nitrogens with zero attached hydrogens (tertiary/aromatic N) is 1. The number of nitriles is 1. The fourth-order valence-corrected chi connectivity index (χ4v) is 1.42. The summed E-state index contributed by atoms with van der Waals surface area (Å²) in [4.78, 5) is 11.8. The average Bonchev–Trinajstić information content (AvgIpc) is 2.36. The molecule has 0 saturated carbocycles. The van der Waals surface area contributed by atoms with E-state index in [2.05, 4.69) is 16.7 Å². The minimum atomic E-state index is -0.902. The first kappa shape index (κ1) is 15.0. The average molecular weight is 263 g/mol. The first-order valence-corrected chi connectivity index (χ1v) is 6.09. The summed E-state index contributed by atoms with van der Waals surface area (Å²) in [5.41, 5.74) is -0.376. The molecule has 1 amide bonds. The van der Waals surface area contributed by atoms with Gasteiger partial charge in [0.15, 0.2) is 0 Å². The summed E-state index contributed by atoms with van der Waals surface area (Å²) in [6, 6.07) is 7.96. The van der Waals surface area contributed by atoms with Crippen molar-refractivity contribution in [3.8, 4) is 6.07 Å². The lowest BCUT2D eigenvalue weighted by atomic mass is 9.90. The number of halogens is 1. The smallest absolute Gasteiger partial charge is 0.240 e. The molecule has 0 aliphatic rings. The maximum absolute atomic E-state index is 12.9. The number of carbonyl (C=O) groups excluding carboxylic acids is 1. The molecule has 2 N–H and O–H groups in total. The van der Waals surface area contributed by atoms with Crippen LogP contribution >= 0.6 is 0 Å². The van der Waals surface area contributed by atoms with Gasteiger partial charge in [0, 0.05) is 5.69 Å². The standard InChI is InChI=1S/C14H18FN3O/c1-10(2)14(3,9-16)18-13(19)8-17-12-6-4-5-11(15)7-12/h4-7,10,17H,8H2,1-3H3,(H,18,19). The van der Waals surface area contributed by atoms with E-state index in [1.165, 1.54) is 12.1 Å². The number of nitrogens with one attached hydrogen (secondary N) is 2. The molecule has 0 bridgehead atoms. The van der Waals surface area contributed by atoms with Crippen LogP contribution in [0, 0.1) is 23.1 Å². The third-order valence-electron chi connectivity index (χ3n) is 3.06. The third kappa shape index (κ3) is 4.25. The summed E-state index contributed by atoms with van der Waals surface area (Å²) < 4.78 is 12.9. The number of hydrogen-bond acceptors (Lipinski definition) is 3. The van der Waals surface area contributed by atoms with E-state index >= 15 is 0 Å². The highest BCUT2D eigenvalue weighted by Gasteiger charge is 2.29. The molecule has 1 aromatic carbocycles. The van der Waals surface area contributed by atoms with Crippen molar-refractivity contribution in [2.75, 3.05) is 11.9 Å². The topological polar surface area (TPSA) is 64.9 Å². The van der Waals surface area contributed by atoms with Crippen LogP contribution in [0.2, 0.25) is 0 Å². The van der Waals surface area contributed by atoms with Gasteiger partial charge in [0.2, 0.25) is 5.91 Å². The van der Waals surface area contributed by atoms with Crippen molar-refractivity contribution in [2.24, 2.45) is 5.92 Å². The second kappa shape index (κ2) is 6.19. The van der Waals surface area contributed by atoms with E-state index in [4.69, 9.17) is 5.26 Å². The molecule has 0 aromatic heterocycles. The third-order valence-corrected chi connectivity index (χ3v) is 3.06. The van der Waals surface area contributed by atoms with Gasteiger partial charge in [-0.15, -0.1) is 0 Å². The van der Waals surface area contributed by atoms with Gasteiger partial charge in [-0.25, -0.2) is 4.39 Å². The molecular formula is C14H18FN3O. The molecule has 1 atom stereocenters. The zero-order valence-electron chi connectivity index (χ0n) is 11.3. The first-order chi connectivity index (χ1) is 8.87. The van der Waals surface area contributed by atoms with Crippen LogP contribution in [0.1, 0.15) is 20.8 Å². The number of hydrogen-bond donors (Lipinski definition) is 2. The van der Waals surface area contributed by atoms with Crippen molar-refractivity contribution < 1.29 is 9.18 Å². The maximum Gasteiger partial charge on any atom is 0.240 e. The van der Waals surface area contributed by atoms with Gasteiger partial charge in [-0.1, -0.05) is 19.9 Å². The van der Waals surface area contributed by atoms with E-state index in [-0.39, 0.29) is 24.2 Å². The highest BCUT2D eigenvalue weighted by Crippen LogP contribution is 2.15. The highest BCUT2D eigenvalue weighted by atomic mass is 19.1. The lowest BCUT2D eigenvalue weighted by Crippen LogP contribution is -2.50. The van der Waals surface area contributed by atoms with Gasteiger partial charge in [-0.2, -0.15) is 5.26 Å². The van der Waals surface area contributed by atoms with E-state index in [0.717, 1.165) is 0 Å². The Labute approximate surface area is 112 Å². The number of carbonyl (C=O) groups is 1. The molecule has 0 aliphatic heterocycles. The lowest BCUT2D eigenvalue weighted by Gasteiger charge is -2.27. The Bertz CT molecular complexity index is 496. The van der Waals surface area contributed by atoms with Crippen molar-refractivity contribution in [3.63, 3.8) is 0 Å². The molecule has 0 heterocycles. The zero-order chi connectivity index (χ0) is 14.5. The number of amides is 1. The molecular weight excluding hydrogens is 245 g/mol. The van der Waals surface area contributed by atoms with Gasteiger partial charge in [0.1, 0.15) is 11.4 Å². The van der Waals surface area contributed by atoms with Gasteiger partial charge in [-0.05, 0) is 31.0 Å². The van der Waals surface area contributed by atoms with Crippen LogP contribution in [-0.2, 0) is 4.79 Å². The minimum Gasteiger partial charge on any atom is -0.376 e. The molecule has 0 radical (unpaired) electrons. The summed E-state index contributed by atoms with van der Waals surface area (Å²) in [5.74, 6) is -0.674. The summed E-state index contributed by atoms with van der Waals surface area (Å²) in [6.45, 7) is 5.40. The van der Waals surface area contributed by atoms with Gasteiger partial charge in [-0.3, -0.25) is 4.79 Å². The summed E-state index contributed by atoms with van der Waals surface area (Å²) >= 11 is 0. The van der Waals surface area contributed by atoms with E-state index in [0.29, 0.717) is 5.69 Å². The fourth-order valence-electron chi connectivity index (χ4n) is 1.42. The molecule has 0 aliphatic carbocycles. The molecule has 4 nitrogen and oxygen atoms in total. The molecule has 19 heavy (non-hydrogen) atoms. The van der Waals surface area contributed by atoms with Gasteiger partial charge >= 0.3 is 0 Å². The molecule has 0 saturated heterocycles. The molecule has 1 rings (SSSR count). The molecule has 0 spiro atoms. The van der Waals surface area contributed by atoms with Crippen LogP contribution in [0.15, 0.2) is 24.3 Å². The molecule has 0 fully saturated rings. The van der Waals surface area contributed by atoms with E-state index in [9.17, 15) is 9.18 Å². The van der Waals surface area contributed by atoms with E-state index in [1.807, 2.05) is 13.8 Å². The predicted molar refractivity (Wildman–Crippen MR) is 71.9 cm³/mol. The molecule has 102 valence electrons. The van der Waals surface area contributed by atoms with E-state index < -0.39 is 5.54 Å². The van der Waals surface area contributed by atoms with Crippen LogP contribution in [0.4, 0.5) is 10.1 Å². The summed E-state index contributed by atoms with van der Waals surface area (Å²) in [7, 11) is 0. The van der Waals surface area contributed by atoms with Crippen LogP contribution in [0.5, 0.6) is 0 Å². The Morgan fingerprint density at radius 2 is 2.21 bits per heavy atom. The quantitative estimate of drug-likeness (QED) is 0.856. The molecule has 1 aromatic rings. The van der Waals surface area contributed by atoms with Crippen LogP contribution in [-0.4, -0.2) is 18.0 Å². The summed E-state index contributed by atoms with van der Waals surface area (Å²) in [5, 5.41) is 14.6. The molecule has 1 unspecified atom stereocenters. The SMILES string of the molecule is CC(C)C(C)(C#N)NC(=O)CNc1cccc(F)c1. The van der Waals surface area contributed by atoms with Gasteiger partial charge in [0.25, 0.3) is 0 Å². The lowest BCUT2D eigenvalue weighted by molar-refractivity contribution is -0.121. The van der Waals surface area contributed by atoms with E-state index in [1.54, 1.807) is 19.1 Å². The Kier molecular flexibility index (Phi) is 4.87. The second-order valence-electron chi connectivity index (χ2n) is 4.88. The molecule has 5 heteroatoms. The number of benzene rings is 1. The second-order valence-corrected chi connectivity index (χ2v) is 4.88. The van der Waals surface area contributed by atoms with Crippen molar-refractivity contribution in [1.82, 2.24) is 5.32 Å². The van der Waals surface area contributed by atoms with Gasteiger partial charge in [0.05, 0.1) is 12.6 Å². The minimum absolute atomic E-state index is 0.00406. The largest absolute Gasteiger partial charge is 0.376 e. The van der Waals surface area contributed by atoms with Crippen LogP contribution < -0.4 is 10.6 Å². The van der Waals surface area contributed by atoms with Crippen molar-refractivity contribution in [2.45, 2.75) is 26.3 Å². The summed E-state index contributed by atoms with van der Waals surface area (Å²) in [6.07, 6.45) is 0. The Morgan fingerprint density at radius 3 is 2.74 bits per heavy atom. The van der Waals surface area contributed by atoms with Crippen molar-refractivity contribution in [1.29, 1.82) is 5.26 Å². The van der Waals surface area contributed by atoms with Crippen molar-refractivity contribution >= 4 is 11.6 Å². The fraction of sp³-hybridized carbons (Fsp3) is 0.429. The number of anilines is 1. The van der Waals surface area contributed by atoms with Gasteiger partial charge < -0.3 is 10.6 Å². The highest BCUT2D eigenvalue weighted by molar-refractivity contribution is 5.81. The first-order valence-electron chi connectivity index (χ1n) is 6.09. The Morgan fingerprint density at radius 1 is 1.53 bits per heavy atom. The maximum atomic E-state index is 12.9. The van der Waals surface area contributed by atoms with Crippen LogP contribution in [0.3, 0.4) is 0 Å². The van der Waals surface area contributed by atoms with Crippen LogP contribution in [0.25, 0.3) is 0 Å². The normalized spacial score (nSPS) is 13.5. The van der Waals surface area contributed by atoms with Crippen molar-refractivity contribution in [3.05, 3.63) is 30.1 Å². The predicted octanol–water partition coefficient (Wildman–Crippen LogP) is 2.29. The zero-order valence-corrected chi connectivity index (χ0v) is 11.3. The monoisotopic (exact) mass is 263 g/mol.